The molecule has 4 nitrogen and oxygen atoms in total. The van der Waals surface area contributed by atoms with E-state index in [2.05, 4.69) is 0 Å². The number of ether oxygens (including phenoxy) is 1. The molecule has 0 aliphatic rings. The third-order valence-electron chi connectivity index (χ3n) is 2.36. The Balaban J connectivity index is 2.43. The van der Waals surface area contributed by atoms with Gasteiger partial charge in [0.05, 0.1) is 0 Å². The number of aliphatic hydroxyl groups is 1. The van der Waals surface area contributed by atoms with Crippen molar-refractivity contribution in [1.82, 2.24) is 0 Å². The minimum atomic E-state index is -1.67. The fourth-order valence-electron chi connectivity index (χ4n) is 1.45. The molecule has 0 saturated heterocycles. The van der Waals surface area contributed by atoms with E-state index in [1.165, 1.54) is 0 Å². The lowest BCUT2D eigenvalue weighted by atomic mass is 10.0. The molecular formula is C14H18O4. The first-order chi connectivity index (χ1) is 8.50. The third kappa shape index (κ3) is 4.67. The summed E-state index contributed by atoms with van der Waals surface area (Å²) in [6.45, 7) is 3.76. The molecule has 0 heterocycles. The maximum absolute atomic E-state index is 11.5. The highest BCUT2D eigenvalue weighted by atomic mass is 16.5. The standard InChI is InChI=1S/C14H18O4/c1-10(2)8-12(15)13(16)14(17)18-9-11-6-4-3-5-7-11/h3-7,10,13,16H,8-9H2,1-2H3. The van der Waals surface area contributed by atoms with Gasteiger partial charge in [-0.05, 0) is 11.5 Å². The minimum absolute atomic E-state index is 0.0612. The third-order valence-corrected chi connectivity index (χ3v) is 2.36. The number of rotatable bonds is 6. The molecule has 1 N–H and O–H groups in total. The van der Waals surface area contributed by atoms with Crippen LogP contribution in [0.2, 0.25) is 0 Å². The largest absolute Gasteiger partial charge is 0.459 e. The number of esters is 1. The van der Waals surface area contributed by atoms with Gasteiger partial charge in [-0.3, -0.25) is 4.79 Å². The molecule has 0 fully saturated rings. The monoisotopic (exact) mass is 250 g/mol. The first-order valence-electron chi connectivity index (χ1n) is 5.92. The lowest BCUT2D eigenvalue weighted by Crippen LogP contribution is -2.32. The molecule has 0 saturated carbocycles. The molecule has 0 amide bonds. The van der Waals surface area contributed by atoms with Gasteiger partial charge >= 0.3 is 5.97 Å². The summed E-state index contributed by atoms with van der Waals surface area (Å²) in [6.07, 6.45) is -1.50. The number of ketones is 1. The summed E-state index contributed by atoms with van der Waals surface area (Å²) in [7, 11) is 0. The number of hydrogen-bond donors (Lipinski definition) is 1. The highest BCUT2D eigenvalue weighted by Gasteiger charge is 2.25. The van der Waals surface area contributed by atoms with Crippen LogP contribution < -0.4 is 0 Å². The Kier molecular flexibility index (Phi) is 5.52. The Hall–Kier alpha value is -1.68. The zero-order valence-electron chi connectivity index (χ0n) is 10.6. The molecule has 0 aliphatic heterocycles. The van der Waals surface area contributed by atoms with E-state index in [0.29, 0.717) is 0 Å². The molecule has 18 heavy (non-hydrogen) atoms. The topological polar surface area (TPSA) is 63.6 Å². The van der Waals surface area contributed by atoms with Crippen molar-refractivity contribution in [2.75, 3.05) is 0 Å². The molecule has 0 bridgehead atoms. The average molecular weight is 250 g/mol. The summed E-state index contributed by atoms with van der Waals surface area (Å²) in [5.74, 6) is -1.28. The molecule has 0 spiro atoms. The van der Waals surface area contributed by atoms with E-state index >= 15 is 0 Å². The molecular weight excluding hydrogens is 232 g/mol. The van der Waals surface area contributed by atoms with Crippen LogP contribution in [-0.4, -0.2) is 23.0 Å². The molecule has 98 valence electrons. The maximum atomic E-state index is 11.5. The van der Waals surface area contributed by atoms with Gasteiger partial charge in [0.1, 0.15) is 6.61 Å². The molecule has 0 aliphatic carbocycles. The Morgan fingerprint density at radius 3 is 2.39 bits per heavy atom. The van der Waals surface area contributed by atoms with Crippen molar-refractivity contribution in [1.29, 1.82) is 0 Å². The predicted octanol–water partition coefficient (Wildman–Crippen LogP) is 1.71. The lowest BCUT2D eigenvalue weighted by molar-refractivity contribution is -0.159. The highest BCUT2D eigenvalue weighted by molar-refractivity contribution is 6.01. The molecule has 1 aromatic rings. The van der Waals surface area contributed by atoms with Crippen LogP contribution in [0.15, 0.2) is 30.3 Å². The zero-order valence-corrected chi connectivity index (χ0v) is 10.6. The molecule has 0 radical (unpaired) electrons. The quantitative estimate of drug-likeness (QED) is 0.616. The number of carbonyl (C=O) groups excluding carboxylic acids is 2. The number of hydrogen-bond acceptors (Lipinski definition) is 4. The lowest BCUT2D eigenvalue weighted by Gasteiger charge is -2.11. The molecule has 1 atom stereocenters. The minimum Gasteiger partial charge on any atom is -0.459 e. The van der Waals surface area contributed by atoms with Gasteiger partial charge in [0.15, 0.2) is 5.78 Å². The van der Waals surface area contributed by atoms with Gasteiger partial charge < -0.3 is 9.84 Å². The van der Waals surface area contributed by atoms with Crippen LogP contribution in [0, 0.1) is 5.92 Å². The van der Waals surface area contributed by atoms with Crippen LogP contribution in [0.3, 0.4) is 0 Å². The van der Waals surface area contributed by atoms with Crippen molar-refractivity contribution in [3.8, 4) is 0 Å². The van der Waals surface area contributed by atoms with Crippen LogP contribution in [0.1, 0.15) is 25.8 Å². The van der Waals surface area contributed by atoms with Crippen LogP contribution in [0.25, 0.3) is 0 Å². The summed E-state index contributed by atoms with van der Waals surface area (Å²) in [5, 5.41) is 9.49. The number of carbonyl (C=O) groups is 2. The summed E-state index contributed by atoms with van der Waals surface area (Å²) in [5.41, 5.74) is 0.814. The molecule has 1 unspecified atom stereocenters. The first kappa shape index (κ1) is 14.4. The van der Waals surface area contributed by atoms with Gasteiger partial charge in [-0.2, -0.15) is 0 Å². The van der Waals surface area contributed by atoms with Crippen molar-refractivity contribution in [2.45, 2.75) is 33.0 Å². The van der Waals surface area contributed by atoms with Crippen LogP contribution in [0.5, 0.6) is 0 Å². The van der Waals surface area contributed by atoms with Crippen LogP contribution >= 0.6 is 0 Å². The first-order valence-corrected chi connectivity index (χ1v) is 5.92. The fourth-order valence-corrected chi connectivity index (χ4v) is 1.45. The summed E-state index contributed by atoms with van der Waals surface area (Å²) < 4.78 is 4.88. The zero-order chi connectivity index (χ0) is 13.5. The van der Waals surface area contributed by atoms with E-state index in [0.717, 1.165) is 5.56 Å². The number of benzene rings is 1. The van der Waals surface area contributed by atoms with Crippen LogP contribution in [0.4, 0.5) is 0 Å². The Bertz CT molecular complexity index is 398. The van der Waals surface area contributed by atoms with Gasteiger partial charge in [0.25, 0.3) is 0 Å². The highest BCUT2D eigenvalue weighted by Crippen LogP contribution is 2.06. The average Bonchev–Trinajstić information content (AvgIpc) is 2.35. The number of aliphatic hydroxyl groups excluding tert-OH is 1. The second kappa shape index (κ2) is 6.91. The van der Waals surface area contributed by atoms with E-state index < -0.39 is 17.9 Å². The van der Waals surface area contributed by atoms with Crippen LogP contribution in [-0.2, 0) is 20.9 Å². The summed E-state index contributed by atoms with van der Waals surface area (Å²) in [4.78, 5) is 22.9. The second-order valence-corrected chi connectivity index (χ2v) is 4.56. The Labute approximate surface area is 107 Å². The summed E-state index contributed by atoms with van der Waals surface area (Å²) >= 11 is 0. The molecule has 1 aromatic carbocycles. The van der Waals surface area contributed by atoms with E-state index in [9.17, 15) is 14.7 Å². The molecule has 0 aromatic heterocycles. The van der Waals surface area contributed by atoms with Crippen molar-refractivity contribution in [2.24, 2.45) is 5.92 Å². The Morgan fingerprint density at radius 1 is 1.22 bits per heavy atom. The van der Waals surface area contributed by atoms with Gasteiger partial charge in [0, 0.05) is 6.42 Å². The molecule has 1 rings (SSSR count). The summed E-state index contributed by atoms with van der Waals surface area (Å²) in [6, 6.07) is 9.10. The predicted molar refractivity (Wildman–Crippen MR) is 66.7 cm³/mol. The van der Waals surface area contributed by atoms with Gasteiger partial charge in [-0.25, -0.2) is 4.79 Å². The number of Topliss-reactive ketones (excluding diaryl/α,β-unsaturated/α-hetero) is 1. The van der Waals surface area contributed by atoms with Crippen molar-refractivity contribution in [3.05, 3.63) is 35.9 Å². The van der Waals surface area contributed by atoms with E-state index in [1.54, 1.807) is 12.1 Å². The second-order valence-electron chi connectivity index (χ2n) is 4.56. The van der Waals surface area contributed by atoms with E-state index in [4.69, 9.17) is 4.74 Å². The smallest absolute Gasteiger partial charge is 0.343 e. The van der Waals surface area contributed by atoms with Crippen molar-refractivity contribution >= 4 is 11.8 Å². The normalized spacial score (nSPS) is 12.2. The SMILES string of the molecule is CC(C)CC(=O)C(O)C(=O)OCc1ccccc1. The van der Waals surface area contributed by atoms with Gasteiger partial charge in [-0.15, -0.1) is 0 Å². The van der Waals surface area contributed by atoms with Gasteiger partial charge in [0.2, 0.25) is 6.10 Å². The van der Waals surface area contributed by atoms with E-state index in [-0.39, 0.29) is 18.9 Å². The van der Waals surface area contributed by atoms with Crippen molar-refractivity contribution < 1.29 is 19.4 Å². The Morgan fingerprint density at radius 2 is 1.83 bits per heavy atom. The fraction of sp³-hybridized carbons (Fsp3) is 0.429. The maximum Gasteiger partial charge on any atom is 0.343 e. The molecule has 4 heteroatoms. The van der Waals surface area contributed by atoms with Crippen molar-refractivity contribution in [3.63, 3.8) is 0 Å². The van der Waals surface area contributed by atoms with E-state index in [1.807, 2.05) is 32.0 Å². The van der Waals surface area contributed by atoms with Gasteiger partial charge in [-0.1, -0.05) is 44.2 Å².